The molecule has 28 heavy (non-hydrogen) atoms. The molecule has 0 amide bonds. The Morgan fingerprint density at radius 3 is 2.39 bits per heavy atom. The lowest BCUT2D eigenvalue weighted by Gasteiger charge is -2.41. The lowest BCUT2D eigenvalue weighted by Crippen LogP contribution is -2.54. The van der Waals surface area contributed by atoms with E-state index in [0.717, 1.165) is 50.3 Å². The van der Waals surface area contributed by atoms with E-state index < -0.39 is 0 Å². The second-order valence-corrected chi connectivity index (χ2v) is 9.46. The highest BCUT2D eigenvalue weighted by Gasteiger charge is 2.40. The molecule has 1 aliphatic carbocycles. The molecule has 0 spiro atoms. The predicted molar refractivity (Wildman–Crippen MR) is 113 cm³/mol. The third-order valence-corrected chi connectivity index (χ3v) is 7.27. The van der Waals surface area contributed by atoms with Gasteiger partial charge >= 0.3 is 0 Å². The smallest absolute Gasteiger partial charge is 0.135 e. The Morgan fingerprint density at radius 1 is 1.11 bits per heavy atom. The van der Waals surface area contributed by atoms with Gasteiger partial charge in [0.05, 0.1) is 0 Å². The zero-order chi connectivity index (χ0) is 19.7. The number of nitrogens with zero attached hydrogens (tertiary/aromatic N) is 4. The van der Waals surface area contributed by atoms with Crippen LogP contribution in [-0.4, -0.2) is 52.4 Å². The lowest BCUT2D eigenvalue weighted by molar-refractivity contribution is -0.123. The van der Waals surface area contributed by atoms with E-state index in [1.165, 1.54) is 25.9 Å². The van der Waals surface area contributed by atoms with Crippen LogP contribution in [0, 0.1) is 11.8 Å². The van der Waals surface area contributed by atoms with E-state index in [1.54, 1.807) is 0 Å². The number of Topliss-reactive ketones (excluding diaryl/α,β-unsaturated/α-hetero) is 1. The summed E-state index contributed by atoms with van der Waals surface area (Å²) >= 11 is 0. The first kappa shape index (κ1) is 19.8. The molecular formula is C23H36N4O. The Balaban J connectivity index is 1.40. The molecule has 5 heteroatoms. The van der Waals surface area contributed by atoms with Gasteiger partial charge in [0.15, 0.2) is 0 Å². The first-order chi connectivity index (χ1) is 13.5. The molecule has 2 aliphatic heterocycles. The molecule has 3 heterocycles. The van der Waals surface area contributed by atoms with E-state index >= 15 is 0 Å². The van der Waals surface area contributed by atoms with Crippen molar-refractivity contribution in [1.82, 2.24) is 14.9 Å². The van der Waals surface area contributed by atoms with Crippen molar-refractivity contribution in [3.05, 3.63) is 18.1 Å². The highest BCUT2D eigenvalue weighted by Crippen LogP contribution is 2.38. The molecule has 0 radical (unpaired) electrons. The summed E-state index contributed by atoms with van der Waals surface area (Å²) < 4.78 is 0. The highest BCUT2D eigenvalue weighted by atomic mass is 16.1. The number of piperazine rings is 1. The summed E-state index contributed by atoms with van der Waals surface area (Å²) in [6.45, 7) is 9.78. The number of carbonyl (C=O) groups excluding carboxylic acids is 1. The van der Waals surface area contributed by atoms with Crippen LogP contribution in [0.5, 0.6) is 0 Å². The average molecular weight is 385 g/mol. The third-order valence-electron chi connectivity index (χ3n) is 7.27. The molecule has 3 aliphatic rings. The zero-order valence-electron chi connectivity index (χ0n) is 17.8. The molecule has 0 N–H and O–H groups in total. The number of aromatic nitrogens is 2. The molecule has 2 saturated heterocycles. The summed E-state index contributed by atoms with van der Waals surface area (Å²) in [7, 11) is 0. The zero-order valence-corrected chi connectivity index (χ0v) is 17.8. The molecule has 0 aromatic carbocycles. The Labute approximate surface area is 169 Å². The maximum Gasteiger partial charge on any atom is 0.135 e. The van der Waals surface area contributed by atoms with Crippen molar-refractivity contribution in [1.29, 1.82) is 0 Å². The first-order valence-corrected chi connectivity index (χ1v) is 11.4. The molecule has 5 nitrogen and oxygen atoms in total. The van der Waals surface area contributed by atoms with Crippen LogP contribution in [0.2, 0.25) is 0 Å². The van der Waals surface area contributed by atoms with Crippen LogP contribution >= 0.6 is 0 Å². The van der Waals surface area contributed by atoms with Gasteiger partial charge in [-0.25, -0.2) is 9.97 Å². The minimum Gasteiger partial charge on any atom is -0.348 e. The van der Waals surface area contributed by atoms with Gasteiger partial charge in [0, 0.05) is 49.6 Å². The third kappa shape index (κ3) is 4.10. The first-order valence-electron chi connectivity index (χ1n) is 11.4. The van der Waals surface area contributed by atoms with E-state index in [4.69, 9.17) is 4.98 Å². The summed E-state index contributed by atoms with van der Waals surface area (Å²) in [5.74, 6) is 3.78. The van der Waals surface area contributed by atoms with Gasteiger partial charge in [-0.15, -0.1) is 0 Å². The summed E-state index contributed by atoms with van der Waals surface area (Å²) in [4.78, 5) is 26.9. The number of ketones is 1. The molecule has 3 fully saturated rings. The molecule has 1 aromatic rings. The fourth-order valence-electron chi connectivity index (χ4n) is 5.47. The maximum absolute atomic E-state index is 12.1. The minimum atomic E-state index is 0.168. The summed E-state index contributed by atoms with van der Waals surface area (Å²) in [5, 5.41) is 0. The van der Waals surface area contributed by atoms with Crippen molar-refractivity contribution in [3.8, 4) is 0 Å². The van der Waals surface area contributed by atoms with Gasteiger partial charge in [0.2, 0.25) is 0 Å². The summed E-state index contributed by atoms with van der Waals surface area (Å²) in [6.07, 6.45) is 9.82. The van der Waals surface area contributed by atoms with Gasteiger partial charge < -0.3 is 4.90 Å². The number of likely N-dealkylation sites (tertiary alicyclic amines) is 1. The van der Waals surface area contributed by atoms with Gasteiger partial charge in [-0.1, -0.05) is 20.8 Å². The molecule has 2 bridgehead atoms. The van der Waals surface area contributed by atoms with Crippen molar-refractivity contribution in [2.24, 2.45) is 11.8 Å². The van der Waals surface area contributed by atoms with Crippen molar-refractivity contribution in [2.45, 2.75) is 83.7 Å². The molecular weight excluding hydrogens is 348 g/mol. The van der Waals surface area contributed by atoms with Crippen LogP contribution in [0.1, 0.15) is 77.5 Å². The van der Waals surface area contributed by atoms with Gasteiger partial charge in [0.1, 0.15) is 17.4 Å². The molecule has 154 valence electrons. The van der Waals surface area contributed by atoms with Gasteiger partial charge in [-0.3, -0.25) is 9.69 Å². The highest BCUT2D eigenvalue weighted by molar-refractivity contribution is 5.80. The number of likely N-dealkylation sites (N-methyl/N-ethyl adjacent to an activating group) is 1. The molecule has 2 unspecified atom stereocenters. The molecule has 1 saturated carbocycles. The van der Waals surface area contributed by atoms with E-state index in [1.807, 2.05) is 20.0 Å². The Morgan fingerprint density at radius 2 is 1.79 bits per heavy atom. The second kappa shape index (κ2) is 8.48. The molecule has 4 rings (SSSR count). The van der Waals surface area contributed by atoms with Crippen molar-refractivity contribution in [2.75, 3.05) is 24.5 Å². The molecule has 1 aromatic heterocycles. The number of hydrogen-bond acceptors (Lipinski definition) is 5. The van der Waals surface area contributed by atoms with Gasteiger partial charge in [0.25, 0.3) is 0 Å². The van der Waals surface area contributed by atoms with E-state index in [2.05, 4.69) is 27.8 Å². The quantitative estimate of drug-likeness (QED) is 0.741. The summed E-state index contributed by atoms with van der Waals surface area (Å²) in [5.41, 5.74) is 0. The maximum atomic E-state index is 12.1. The topological polar surface area (TPSA) is 49.3 Å². The largest absolute Gasteiger partial charge is 0.348 e. The monoisotopic (exact) mass is 384 g/mol. The van der Waals surface area contributed by atoms with E-state index in [0.29, 0.717) is 29.7 Å². The average Bonchev–Trinajstić information content (AvgIpc) is 2.98. The standard InChI is InChI=1S/C23H36N4O/c1-4-26-14-19-9-10-20(15-26)27(19)22-11-12-24-23(25-22)18-7-5-17(6-8-18)13-21(28)16(2)3/h11-12,16-20H,4-10,13-15H2,1-3H3. The number of carbonyl (C=O) groups is 1. The Bertz CT molecular complexity index is 669. The Kier molecular flexibility index (Phi) is 6.00. The fraction of sp³-hybridized carbons (Fsp3) is 0.783. The van der Waals surface area contributed by atoms with Crippen LogP contribution in [0.15, 0.2) is 12.3 Å². The van der Waals surface area contributed by atoms with Crippen LogP contribution < -0.4 is 4.90 Å². The van der Waals surface area contributed by atoms with Gasteiger partial charge in [-0.2, -0.15) is 0 Å². The van der Waals surface area contributed by atoms with Crippen molar-refractivity contribution in [3.63, 3.8) is 0 Å². The second-order valence-electron chi connectivity index (χ2n) is 9.46. The number of rotatable bonds is 6. The Hall–Kier alpha value is -1.49. The van der Waals surface area contributed by atoms with E-state index in [9.17, 15) is 4.79 Å². The fourth-order valence-corrected chi connectivity index (χ4v) is 5.47. The number of hydrogen-bond donors (Lipinski definition) is 0. The SMILES string of the molecule is CCN1CC2CCC(C1)N2c1ccnc(C2CCC(CC(=O)C(C)C)CC2)n1. The van der Waals surface area contributed by atoms with Crippen molar-refractivity contribution < 1.29 is 4.79 Å². The van der Waals surface area contributed by atoms with Crippen LogP contribution in [0.4, 0.5) is 5.82 Å². The van der Waals surface area contributed by atoms with Gasteiger partial charge in [-0.05, 0) is 57.1 Å². The number of fused-ring (bicyclic) bond motifs is 2. The predicted octanol–water partition coefficient (Wildman–Crippen LogP) is 4.04. The molecule has 2 atom stereocenters. The van der Waals surface area contributed by atoms with Crippen LogP contribution in [0.3, 0.4) is 0 Å². The minimum absolute atomic E-state index is 0.168. The van der Waals surface area contributed by atoms with Crippen LogP contribution in [-0.2, 0) is 4.79 Å². The van der Waals surface area contributed by atoms with Crippen molar-refractivity contribution >= 4 is 11.6 Å². The summed E-state index contributed by atoms with van der Waals surface area (Å²) in [6, 6.07) is 3.34. The van der Waals surface area contributed by atoms with E-state index in [-0.39, 0.29) is 5.92 Å². The number of anilines is 1. The van der Waals surface area contributed by atoms with Crippen LogP contribution in [0.25, 0.3) is 0 Å². The normalized spacial score (nSPS) is 30.8. The lowest BCUT2D eigenvalue weighted by atomic mass is 9.78.